The van der Waals surface area contributed by atoms with Crippen LogP contribution in [0.2, 0.25) is 0 Å². The number of nitrogens with zero attached hydrogens (tertiary/aromatic N) is 1. The van der Waals surface area contributed by atoms with Gasteiger partial charge in [0.15, 0.2) is 11.7 Å². The number of rotatable bonds is 4. The summed E-state index contributed by atoms with van der Waals surface area (Å²) >= 11 is 0. The van der Waals surface area contributed by atoms with Gasteiger partial charge in [0.2, 0.25) is 0 Å². The van der Waals surface area contributed by atoms with Gasteiger partial charge in [0.1, 0.15) is 0 Å². The normalized spacial score (nSPS) is 19.8. The van der Waals surface area contributed by atoms with E-state index in [9.17, 15) is 0 Å². The molecule has 1 aliphatic carbocycles. The second-order valence-electron chi connectivity index (χ2n) is 6.12. The monoisotopic (exact) mass is 431 g/mol. The largest absolute Gasteiger partial charge is 0.370 e. The van der Waals surface area contributed by atoms with Gasteiger partial charge < -0.3 is 20.5 Å². The Hall–Kier alpha value is -0.860. The highest BCUT2D eigenvalue weighted by atomic mass is 127. The minimum Gasteiger partial charge on any atom is -0.370 e. The van der Waals surface area contributed by atoms with Gasteiger partial charge in [-0.05, 0) is 49.8 Å². The van der Waals surface area contributed by atoms with E-state index in [4.69, 9.17) is 15.2 Å². The van der Waals surface area contributed by atoms with Gasteiger partial charge >= 0.3 is 0 Å². The lowest BCUT2D eigenvalue weighted by Gasteiger charge is -2.21. The smallest absolute Gasteiger partial charge is 0.193 e. The van der Waals surface area contributed by atoms with Crippen molar-refractivity contribution in [2.45, 2.75) is 44.8 Å². The molecule has 0 unspecified atom stereocenters. The molecule has 1 heterocycles. The maximum atomic E-state index is 6.02. The van der Waals surface area contributed by atoms with Gasteiger partial charge in [-0.1, -0.05) is 12.1 Å². The first-order valence-electron chi connectivity index (χ1n) is 8.12. The van der Waals surface area contributed by atoms with Gasteiger partial charge in [-0.15, -0.1) is 24.0 Å². The minimum atomic E-state index is -0.504. The van der Waals surface area contributed by atoms with Crippen molar-refractivity contribution in [2.24, 2.45) is 10.7 Å². The average Bonchev–Trinajstić information content (AvgIpc) is 2.94. The molecule has 3 rings (SSSR count). The number of anilines is 1. The van der Waals surface area contributed by atoms with Crippen LogP contribution in [-0.2, 0) is 22.3 Å². The highest BCUT2D eigenvalue weighted by Gasteiger charge is 2.30. The van der Waals surface area contributed by atoms with Crippen LogP contribution in [-0.4, -0.2) is 31.5 Å². The molecule has 5 nitrogen and oxygen atoms in total. The van der Waals surface area contributed by atoms with Crippen LogP contribution in [0.5, 0.6) is 0 Å². The average molecular weight is 431 g/mol. The fraction of sp³-hybridized carbons (Fsp3) is 0.588. The summed E-state index contributed by atoms with van der Waals surface area (Å²) in [6.45, 7) is 3.85. The highest BCUT2D eigenvalue weighted by molar-refractivity contribution is 14.0. The van der Waals surface area contributed by atoms with Crippen molar-refractivity contribution >= 4 is 35.6 Å². The third-order valence-electron chi connectivity index (χ3n) is 4.40. The molecule has 1 aromatic carbocycles. The van der Waals surface area contributed by atoms with E-state index >= 15 is 0 Å². The van der Waals surface area contributed by atoms with Gasteiger partial charge in [-0.25, -0.2) is 0 Å². The topological polar surface area (TPSA) is 68.9 Å². The van der Waals surface area contributed by atoms with E-state index in [0.29, 0.717) is 32.1 Å². The molecule has 0 saturated carbocycles. The van der Waals surface area contributed by atoms with Crippen LogP contribution < -0.4 is 11.1 Å². The summed E-state index contributed by atoms with van der Waals surface area (Å²) in [7, 11) is 0. The number of halogens is 1. The van der Waals surface area contributed by atoms with Gasteiger partial charge in [0, 0.05) is 18.7 Å². The lowest BCUT2D eigenvalue weighted by molar-refractivity contribution is -0.144. The fourth-order valence-corrected chi connectivity index (χ4v) is 3.16. The van der Waals surface area contributed by atoms with Crippen LogP contribution in [0, 0.1) is 0 Å². The lowest BCUT2D eigenvalue weighted by Crippen LogP contribution is -2.28. The zero-order valence-electron chi connectivity index (χ0n) is 13.6. The molecule has 6 heteroatoms. The van der Waals surface area contributed by atoms with Crippen molar-refractivity contribution < 1.29 is 9.47 Å². The molecule has 1 fully saturated rings. The molecule has 3 N–H and O–H groups in total. The van der Waals surface area contributed by atoms with Crippen molar-refractivity contribution in [1.29, 1.82) is 0 Å². The molecule has 1 aromatic rings. The van der Waals surface area contributed by atoms with Gasteiger partial charge in [-0.3, -0.25) is 4.99 Å². The van der Waals surface area contributed by atoms with E-state index in [1.54, 1.807) is 0 Å². The Balaban J connectivity index is 0.00000192. The number of benzene rings is 1. The molecule has 1 aliphatic heterocycles. The zero-order chi connectivity index (χ0) is 15.4. The molecule has 0 radical (unpaired) electrons. The van der Waals surface area contributed by atoms with E-state index in [-0.39, 0.29) is 24.0 Å². The Morgan fingerprint density at radius 3 is 2.78 bits per heavy atom. The first-order chi connectivity index (χ1) is 10.7. The quantitative estimate of drug-likeness (QED) is 0.437. The molecule has 1 saturated heterocycles. The number of aryl methyl sites for hydroxylation is 1. The molecular formula is C17H26IN3O2. The van der Waals surface area contributed by atoms with Crippen LogP contribution in [0.15, 0.2) is 23.2 Å². The van der Waals surface area contributed by atoms with Crippen molar-refractivity contribution in [2.75, 3.05) is 25.1 Å². The summed E-state index contributed by atoms with van der Waals surface area (Å²) in [6.07, 6.45) is 5.51. The molecule has 128 valence electrons. The van der Waals surface area contributed by atoms with Crippen molar-refractivity contribution in [3.8, 4) is 0 Å². The fourth-order valence-electron chi connectivity index (χ4n) is 3.16. The Morgan fingerprint density at radius 1 is 1.26 bits per heavy atom. The van der Waals surface area contributed by atoms with Crippen LogP contribution in [0.3, 0.4) is 0 Å². The maximum Gasteiger partial charge on any atom is 0.193 e. The SMILES string of the molecule is CC1(CCN=C(N)Nc2cccc3c2CCCC3)OCCO1.I. The number of fused-ring (bicyclic) bond motifs is 1. The third kappa shape index (κ3) is 4.81. The first-order valence-corrected chi connectivity index (χ1v) is 8.12. The number of hydrogen-bond donors (Lipinski definition) is 2. The molecule has 0 spiro atoms. The van der Waals surface area contributed by atoms with E-state index in [1.807, 2.05) is 6.92 Å². The van der Waals surface area contributed by atoms with E-state index in [1.165, 1.54) is 24.0 Å². The Labute approximate surface area is 155 Å². The second kappa shape index (κ2) is 8.30. The maximum absolute atomic E-state index is 6.02. The number of hydrogen-bond acceptors (Lipinski definition) is 3. The predicted octanol–water partition coefficient (Wildman–Crippen LogP) is 3.06. The van der Waals surface area contributed by atoms with Gasteiger partial charge in [0.25, 0.3) is 0 Å². The van der Waals surface area contributed by atoms with Crippen molar-refractivity contribution in [1.82, 2.24) is 0 Å². The van der Waals surface area contributed by atoms with E-state index < -0.39 is 5.79 Å². The Morgan fingerprint density at radius 2 is 2.00 bits per heavy atom. The minimum absolute atomic E-state index is 0. The molecule has 23 heavy (non-hydrogen) atoms. The lowest BCUT2D eigenvalue weighted by atomic mass is 9.90. The molecular weight excluding hydrogens is 405 g/mol. The van der Waals surface area contributed by atoms with Gasteiger partial charge in [0.05, 0.1) is 13.2 Å². The molecule has 0 amide bonds. The first kappa shape index (κ1) is 18.5. The van der Waals surface area contributed by atoms with E-state index in [0.717, 1.165) is 18.5 Å². The third-order valence-corrected chi connectivity index (χ3v) is 4.40. The van der Waals surface area contributed by atoms with Crippen molar-refractivity contribution in [3.63, 3.8) is 0 Å². The molecule has 0 bridgehead atoms. The number of aliphatic imine (C=N–C) groups is 1. The van der Waals surface area contributed by atoms with Gasteiger partial charge in [-0.2, -0.15) is 0 Å². The standard InChI is InChI=1S/C17H25N3O2.HI/c1-17(21-11-12-22-17)9-10-19-16(18)20-15-8-4-6-13-5-2-3-7-14(13)15;/h4,6,8H,2-3,5,7,9-12H2,1H3,(H3,18,19,20);1H. The van der Waals surface area contributed by atoms with Crippen LogP contribution >= 0.6 is 24.0 Å². The summed E-state index contributed by atoms with van der Waals surface area (Å²) in [4.78, 5) is 4.40. The summed E-state index contributed by atoms with van der Waals surface area (Å²) < 4.78 is 11.1. The summed E-state index contributed by atoms with van der Waals surface area (Å²) in [5.74, 6) is -0.0454. The Bertz CT molecular complexity index is 557. The van der Waals surface area contributed by atoms with E-state index in [2.05, 4.69) is 28.5 Å². The highest BCUT2D eigenvalue weighted by Crippen LogP contribution is 2.27. The van der Waals surface area contributed by atoms with Crippen molar-refractivity contribution in [3.05, 3.63) is 29.3 Å². The molecule has 2 aliphatic rings. The Kier molecular flexibility index (Phi) is 6.67. The van der Waals surface area contributed by atoms with Crippen LogP contribution in [0.4, 0.5) is 5.69 Å². The summed E-state index contributed by atoms with van der Waals surface area (Å²) in [6, 6.07) is 6.38. The number of ether oxygens (including phenoxy) is 2. The van der Waals surface area contributed by atoms with Crippen LogP contribution in [0.25, 0.3) is 0 Å². The van der Waals surface area contributed by atoms with Crippen LogP contribution in [0.1, 0.15) is 37.3 Å². The second-order valence-corrected chi connectivity index (χ2v) is 6.12. The number of nitrogens with two attached hydrogens (primary N) is 1. The summed E-state index contributed by atoms with van der Waals surface area (Å²) in [5.41, 5.74) is 9.94. The number of guanidine groups is 1. The molecule has 0 aromatic heterocycles. The summed E-state index contributed by atoms with van der Waals surface area (Å²) in [5, 5.41) is 3.25. The number of nitrogens with one attached hydrogen (secondary N) is 1. The predicted molar refractivity (Wildman–Crippen MR) is 104 cm³/mol. The molecule has 0 atom stereocenters. The zero-order valence-corrected chi connectivity index (χ0v) is 16.0.